The van der Waals surface area contributed by atoms with Crippen molar-refractivity contribution in [3.63, 3.8) is 0 Å². The van der Waals surface area contributed by atoms with E-state index in [1.54, 1.807) is 0 Å². The molecule has 1 heterocycles. The molecule has 0 amide bonds. The van der Waals surface area contributed by atoms with Gasteiger partial charge >= 0.3 is 0 Å². The average molecular weight is 882 g/mol. The van der Waals surface area contributed by atoms with Gasteiger partial charge < -0.3 is 9.32 Å². The van der Waals surface area contributed by atoms with Crippen LogP contribution in [0.4, 0.5) is 17.1 Å². The quantitative estimate of drug-likeness (QED) is 0.136. The molecule has 0 bridgehead atoms. The van der Waals surface area contributed by atoms with Crippen molar-refractivity contribution in [2.45, 2.75) is 6.92 Å². The van der Waals surface area contributed by atoms with Gasteiger partial charge in [-0.1, -0.05) is 218 Å². The molecule has 69 heavy (non-hydrogen) atoms. The van der Waals surface area contributed by atoms with Crippen LogP contribution in [-0.4, -0.2) is 0 Å². The Labute approximate surface area is 403 Å². The van der Waals surface area contributed by atoms with Crippen molar-refractivity contribution in [3.05, 3.63) is 272 Å². The molecule has 2 heteroatoms. The molecule has 0 aliphatic rings. The van der Waals surface area contributed by atoms with E-state index in [1.165, 1.54) is 60.8 Å². The van der Waals surface area contributed by atoms with Crippen molar-refractivity contribution in [2.24, 2.45) is 0 Å². The van der Waals surface area contributed by atoms with Crippen LogP contribution in [0.2, 0.25) is 0 Å². The van der Waals surface area contributed by atoms with E-state index < -0.39 is 0 Å². The first-order valence-corrected chi connectivity index (χ1v) is 23.6. The fourth-order valence-corrected chi connectivity index (χ4v) is 9.81. The number of nitrogens with zero attached hydrogens (tertiary/aromatic N) is 1. The predicted molar refractivity (Wildman–Crippen MR) is 291 cm³/mol. The smallest absolute Gasteiger partial charge is 0.138 e. The fourth-order valence-electron chi connectivity index (χ4n) is 9.81. The molecule has 0 aliphatic heterocycles. The Morgan fingerprint density at radius 1 is 0.275 bits per heavy atom. The Morgan fingerprint density at radius 2 is 0.638 bits per heavy atom. The highest BCUT2D eigenvalue weighted by atomic mass is 16.3. The van der Waals surface area contributed by atoms with Crippen LogP contribution >= 0.6 is 0 Å². The van der Waals surface area contributed by atoms with E-state index in [4.69, 9.17) is 4.42 Å². The average Bonchev–Trinajstić information content (AvgIpc) is 3.77. The van der Waals surface area contributed by atoms with Gasteiger partial charge in [-0.05, 0) is 133 Å². The van der Waals surface area contributed by atoms with Gasteiger partial charge in [0.25, 0.3) is 0 Å². The van der Waals surface area contributed by atoms with Gasteiger partial charge in [0.15, 0.2) is 0 Å². The molecule has 326 valence electrons. The van der Waals surface area contributed by atoms with Crippen molar-refractivity contribution in [1.82, 2.24) is 0 Å². The lowest BCUT2D eigenvalue weighted by atomic mass is 9.96. The van der Waals surface area contributed by atoms with Gasteiger partial charge in [0.2, 0.25) is 0 Å². The summed E-state index contributed by atoms with van der Waals surface area (Å²) >= 11 is 0. The molecule has 0 saturated carbocycles. The van der Waals surface area contributed by atoms with Crippen molar-refractivity contribution in [3.8, 4) is 78.1 Å². The van der Waals surface area contributed by atoms with E-state index in [1.807, 2.05) is 12.1 Å². The zero-order valence-corrected chi connectivity index (χ0v) is 38.3. The molecule has 0 radical (unpaired) electrons. The number of para-hydroxylation sites is 1. The molecule has 0 saturated heterocycles. The van der Waals surface area contributed by atoms with Gasteiger partial charge in [-0.25, -0.2) is 0 Å². The van der Waals surface area contributed by atoms with Crippen molar-refractivity contribution >= 4 is 38.8 Å². The lowest BCUT2D eigenvalue weighted by Gasteiger charge is -2.26. The van der Waals surface area contributed by atoms with Gasteiger partial charge in [-0.2, -0.15) is 0 Å². The van der Waals surface area contributed by atoms with E-state index in [0.29, 0.717) is 0 Å². The second kappa shape index (κ2) is 18.0. The van der Waals surface area contributed by atoms with Crippen LogP contribution in [0.25, 0.3) is 99.8 Å². The standard InChI is InChI=1S/C67H47NO/c1-46-63-17-7-8-20-66(63)69-67(46)59-16-9-15-58(45-59)55-27-25-50(26-28-55)53-35-41-61(42-36-53)68(60-39-33-52(34-40-60)49-23-21-48(22-24-49)47-11-3-2-4-12-47)62-43-37-54(38-44-62)51-29-31-57(32-30-51)65-19-10-14-56-13-5-6-18-64(56)65/h2-45H,1H3. The third kappa shape index (κ3) is 8.20. The molecular weight excluding hydrogens is 835 g/mol. The summed E-state index contributed by atoms with van der Waals surface area (Å²) in [7, 11) is 0. The summed E-state index contributed by atoms with van der Waals surface area (Å²) in [6.45, 7) is 2.14. The lowest BCUT2D eigenvalue weighted by molar-refractivity contribution is 0.629. The number of hydrogen-bond acceptors (Lipinski definition) is 2. The summed E-state index contributed by atoms with van der Waals surface area (Å²) in [5, 5.41) is 3.68. The molecule has 2 nitrogen and oxygen atoms in total. The largest absolute Gasteiger partial charge is 0.456 e. The summed E-state index contributed by atoms with van der Waals surface area (Å²) in [6, 6.07) is 96.1. The van der Waals surface area contributed by atoms with Crippen molar-refractivity contribution < 1.29 is 4.42 Å². The van der Waals surface area contributed by atoms with Crippen molar-refractivity contribution in [2.75, 3.05) is 4.90 Å². The van der Waals surface area contributed by atoms with Crippen LogP contribution in [0.15, 0.2) is 271 Å². The Balaban J connectivity index is 0.831. The van der Waals surface area contributed by atoms with Crippen LogP contribution in [0.3, 0.4) is 0 Å². The number of furan rings is 1. The number of benzene rings is 11. The molecule has 0 unspecified atom stereocenters. The van der Waals surface area contributed by atoms with Crippen LogP contribution in [0.1, 0.15) is 5.56 Å². The van der Waals surface area contributed by atoms with Crippen LogP contribution < -0.4 is 4.90 Å². The molecule has 12 rings (SSSR count). The number of anilines is 3. The summed E-state index contributed by atoms with van der Waals surface area (Å²) in [6.07, 6.45) is 0. The minimum Gasteiger partial charge on any atom is -0.456 e. The molecule has 0 N–H and O–H groups in total. The molecule has 12 aromatic rings. The minimum atomic E-state index is 0.917. The topological polar surface area (TPSA) is 16.4 Å². The summed E-state index contributed by atoms with van der Waals surface area (Å²) in [5.74, 6) is 0.923. The molecular formula is C67H47NO. The van der Waals surface area contributed by atoms with Gasteiger partial charge in [0.05, 0.1) is 0 Å². The zero-order valence-electron chi connectivity index (χ0n) is 38.3. The summed E-state index contributed by atoms with van der Waals surface area (Å²) < 4.78 is 6.32. The monoisotopic (exact) mass is 881 g/mol. The Hall–Kier alpha value is -8.98. The lowest BCUT2D eigenvalue weighted by Crippen LogP contribution is -2.09. The van der Waals surface area contributed by atoms with E-state index in [2.05, 4.69) is 267 Å². The van der Waals surface area contributed by atoms with E-state index in [0.717, 1.165) is 61.6 Å². The summed E-state index contributed by atoms with van der Waals surface area (Å²) in [5.41, 5.74) is 20.7. The van der Waals surface area contributed by atoms with Crippen LogP contribution in [0.5, 0.6) is 0 Å². The number of fused-ring (bicyclic) bond motifs is 2. The Bertz CT molecular complexity index is 3710. The predicted octanol–water partition coefficient (Wildman–Crippen LogP) is 19.0. The highest BCUT2D eigenvalue weighted by Gasteiger charge is 2.16. The fraction of sp³-hybridized carbons (Fsp3) is 0.0149. The maximum atomic E-state index is 6.32. The molecule has 11 aromatic carbocycles. The number of aryl methyl sites for hydroxylation is 1. The normalized spacial score (nSPS) is 11.3. The van der Waals surface area contributed by atoms with Crippen molar-refractivity contribution in [1.29, 1.82) is 0 Å². The molecule has 0 spiro atoms. The second-order valence-electron chi connectivity index (χ2n) is 17.7. The van der Waals surface area contributed by atoms with Gasteiger partial charge in [0, 0.05) is 33.6 Å². The van der Waals surface area contributed by atoms with Gasteiger partial charge in [0.1, 0.15) is 11.3 Å². The number of hydrogen-bond donors (Lipinski definition) is 0. The second-order valence-corrected chi connectivity index (χ2v) is 17.7. The first kappa shape index (κ1) is 41.5. The maximum Gasteiger partial charge on any atom is 0.138 e. The Morgan fingerprint density at radius 3 is 1.16 bits per heavy atom. The minimum absolute atomic E-state index is 0.917. The maximum absolute atomic E-state index is 6.32. The molecule has 0 fully saturated rings. The molecule has 0 aliphatic carbocycles. The zero-order chi connectivity index (χ0) is 46.1. The molecule has 1 aromatic heterocycles. The van der Waals surface area contributed by atoms with Gasteiger partial charge in [-0.15, -0.1) is 0 Å². The van der Waals surface area contributed by atoms with Gasteiger partial charge in [-0.3, -0.25) is 0 Å². The van der Waals surface area contributed by atoms with E-state index in [-0.39, 0.29) is 0 Å². The Kier molecular flexibility index (Phi) is 10.8. The third-order valence-electron chi connectivity index (χ3n) is 13.5. The highest BCUT2D eigenvalue weighted by molar-refractivity contribution is 5.97. The van der Waals surface area contributed by atoms with Crippen LogP contribution in [0, 0.1) is 6.92 Å². The van der Waals surface area contributed by atoms with Crippen LogP contribution in [-0.2, 0) is 0 Å². The molecule has 0 atom stereocenters. The highest BCUT2D eigenvalue weighted by Crippen LogP contribution is 2.40. The SMILES string of the molecule is Cc1c(-c2cccc(-c3ccc(-c4ccc(N(c5ccc(-c6ccc(-c7ccccc7)cc6)cc5)c5ccc(-c6ccc(-c7cccc8ccccc78)cc6)cc5)cc4)cc3)c2)oc2ccccc12. The van der Waals surface area contributed by atoms with E-state index >= 15 is 0 Å². The number of rotatable bonds is 10. The third-order valence-corrected chi connectivity index (χ3v) is 13.5. The summed E-state index contributed by atoms with van der Waals surface area (Å²) in [4.78, 5) is 2.35. The van der Waals surface area contributed by atoms with E-state index in [9.17, 15) is 0 Å². The first-order valence-electron chi connectivity index (χ1n) is 23.6. The first-order chi connectivity index (χ1) is 34.1.